The van der Waals surface area contributed by atoms with Crippen molar-refractivity contribution in [2.24, 2.45) is 0 Å². The summed E-state index contributed by atoms with van der Waals surface area (Å²) >= 11 is 12.1. The molecule has 152 valence electrons. The standard InChI is InChI=1S/C20H18Cl2F2N4O/c1-10(21)17(22)16(11(2)23)20(7-25-8-20)27-14-6-5-13-15(18(14)24)19(29)28(9-26-13)12-3-4-12/h5-6,9,12,25,27H,1-4,7-8H2/b17-16-. The number of nitrogens with zero attached hydrogens (tertiary/aromatic N) is 2. The van der Waals surface area contributed by atoms with E-state index in [1.807, 2.05) is 0 Å². The van der Waals surface area contributed by atoms with Crippen LogP contribution in [0.15, 0.2) is 57.9 Å². The van der Waals surface area contributed by atoms with E-state index in [1.165, 1.54) is 17.0 Å². The molecule has 0 unspecified atom stereocenters. The molecule has 0 amide bonds. The highest BCUT2D eigenvalue weighted by Gasteiger charge is 2.44. The minimum absolute atomic E-state index is 0.000934. The van der Waals surface area contributed by atoms with E-state index < -0.39 is 22.7 Å². The van der Waals surface area contributed by atoms with Crippen molar-refractivity contribution in [3.63, 3.8) is 0 Å². The Labute approximate surface area is 175 Å². The SMILES string of the molecule is C=C(Cl)/C(Cl)=C(\C(=C)F)C1(Nc2ccc3ncn(C4CC4)c(=O)c3c2F)CNC1. The van der Waals surface area contributed by atoms with Crippen LogP contribution in [0.5, 0.6) is 0 Å². The lowest BCUT2D eigenvalue weighted by molar-refractivity contribution is 0.351. The number of hydrogen-bond acceptors (Lipinski definition) is 4. The second-order valence-corrected chi connectivity index (χ2v) is 8.15. The summed E-state index contributed by atoms with van der Waals surface area (Å²) in [6.07, 6.45) is 3.19. The fourth-order valence-corrected chi connectivity index (χ4v) is 3.95. The summed E-state index contributed by atoms with van der Waals surface area (Å²) in [4.78, 5) is 17.0. The van der Waals surface area contributed by atoms with Crippen LogP contribution in [0, 0.1) is 5.82 Å². The Morgan fingerprint density at radius 3 is 2.52 bits per heavy atom. The molecular weight excluding hydrogens is 421 g/mol. The molecule has 2 fully saturated rings. The molecule has 0 spiro atoms. The van der Waals surface area contributed by atoms with Gasteiger partial charge in [-0.3, -0.25) is 9.36 Å². The van der Waals surface area contributed by atoms with Crippen LogP contribution >= 0.6 is 23.2 Å². The third-order valence-electron chi connectivity index (χ3n) is 5.26. The number of nitrogens with one attached hydrogen (secondary N) is 2. The second-order valence-electron chi connectivity index (χ2n) is 7.32. The Bertz CT molecular complexity index is 1130. The van der Waals surface area contributed by atoms with Gasteiger partial charge >= 0.3 is 0 Å². The van der Waals surface area contributed by atoms with Crippen LogP contribution in [0.25, 0.3) is 10.9 Å². The monoisotopic (exact) mass is 438 g/mol. The van der Waals surface area contributed by atoms with Crippen LogP contribution in [-0.4, -0.2) is 28.2 Å². The predicted molar refractivity (Wildman–Crippen MR) is 112 cm³/mol. The molecule has 0 bridgehead atoms. The quantitative estimate of drug-likeness (QED) is 0.658. The topological polar surface area (TPSA) is 59.0 Å². The number of allylic oxidation sites excluding steroid dienone is 2. The highest BCUT2D eigenvalue weighted by atomic mass is 35.5. The van der Waals surface area contributed by atoms with Crippen molar-refractivity contribution in [1.29, 1.82) is 0 Å². The van der Waals surface area contributed by atoms with Crippen molar-refractivity contribution in [2.45, 2.75) is 24.4 Å². The van der Waals surface area contributed by atoms with E-state index >= 15 is 4.39 Å². The van der Waals surface area contributed by atoms with E-state index in [0.717, 1.165) is 12.8 Å². The van der Waals surface area contributed by atoms with Crippen molar-refractivity contribution < 1.29 is 8.78 Å². The number of aromatic nitrogens is 2. The van der Waals surface area contributed by atoms with Gasteiger partial charge in [0.15, 0.2) is 5.82 Å². The zero-order chi connectivity index (χ0) is 20.9. The van der Waals surface area contributed by atoms with Crippen LogP contribution < -0.4 is 16.2 Å². The first-order chi connectivity index (χ1) is 13.7. The molecule has 4 rings (SSSR count). The molecule has 2 aliphatic rings. The zero-order valence-electron chi connectivity index (χ0n) is 15.4. The molecule has 1 aliphatic heterocycles. The van der Waals surface area contributed by atoms with Gasteiger partial charge < -0.3 is 10.6 Å². The Balaban J connectivity index is 1.82. The number of benzene rings is 1. The van der Waals surface area contributed by atoms with Gasteiger partial charge in [0.25, 0.3) is 5.56 Å². The molecular formula is C20H18Cl2F2N4O. The molecule has 1 saturated heterocycles. The van der Waals surface area contributed by atoms with Gasteiger partial charge in [-0.15, -0.1) is 0 Å². The van der Waals surface area contributed by atoms with E-state index in [1.54, 1.807) is 6.07 Å². The molecule has 1 saturated carbocycles. The largest absolute Gasteiger partial charge is 0.371 e. The van der Waals surface area contributed by atoms with Crippen molar-refractivity contribution in [3.8, 4) is 0 Å². The van der Waals surface area contributed by atoms with E-state index in [0.29, 0.717) is 0 Å². The third kappa shape index (κ3) is 3.37. The Kier molecular flexibility index (Phi) is 5.01. The molecule has 29 heavy (non-hydrogen) atoms. The number of anilines is 1. The molecule has 0 atom stereocenters. The van der Waals surface area contributed by atoms with E-state index in [4.69, 9.17) is 23.2 Å². The van der Waals surface area contributed by atoms with Gasteiger partial charge in [-0.05, 0) is 25.0 Å². The lowest BCUT2D eigenvalue weighted by Crippen LogP contribution is -2.65. The fourth-order valence-electron chi connectivity index (χ4n) is 3.58. The van der Waals surface area contributed by atoms with Gasteiger partial charge in [-0.1, -0.05) is 36.4 Å². The molecule has 2 aromatic rings. The molecule has 1 aromatic carbocycles. The van der Waals surface area contributed by atoms with Gasteiger partial charge in [-0.25, -0.2) is 13.8 Å². The van der Waals surface area contributed by atoms with Gasteiger partial charge in [0.1, 0.15) is 11.2 Å². The second kappa shape index (κ2) is 7.23. The summed E-state index contributed by atoms with van der Waals surface area (Å²) < 4.78 is 31.1. The Hall–Kier alpha value is -2.22. The summed E-state index contributed by atoms with van der Waals surface area (Å²) in [7, 11) is 0. The van der Waals surface area contributed by atoms with Crippen molar-refractivity contribution in [1.82, 2.24) is 14.9 Å². The highest BCUT2D eigenvalue weighted by Crippen LogP contribution is 2.39. The summed E-state index contributed by atoms with van der Waals surface area (Å²) in [6.45, 7) is 7.38. The summed E-state index contributed by atoms with van der Waals surface area (Å²) in [5.41, 5.74) is -1.23. The maximum absolute atomic E-state index is 15.4. The number of fused-ring (bicyclic) bond motifs is 1. The number of halogens is 4. The lowest BCUT2D eigenvalue weighted by Gasteiger charge is -2.45. The van der Waals surface area contributed by atoms with Gasteiger partial charge in [-0.2, -0.15) is 0 Å². The van der Waals surface area contributed by atoms with Gasteiger partial charge in [0.05, 0.1) is 33.1 Å². The molecule has 1 aromatic heterocycles. The first-order valence-electron chi connectivity index (χ1n) is 9.03. The van der Waals surface area contributed by atoms with Crippen LogP contribution in [0.2, 0.25) is 0 Å². The summed E-state index contributed by atoms with van der Waals surface area (Å²) in [5.74, 6) is -1.55. The average molecular weight is 439 g/mol. The Morgan fingerprint density at radius 1 is 1.31 bits per heavy atom. The summed E-state index contributed by atoms with van der Waals surface area (Å²) in [5, 5.41) is 5.77. The molecule has 9 heteroatoms. The first kappa shape index (κ1) is 20.1. The first-order valence-corrected chi connectivity index (χ1v) is 9.79. The van der Waals surface area contributed by atoms with Crippen LogP contribution in [0.1, 0.15) is 18.9 Å². The minimum Gasteiger partial charge on any atom is -0.371 e. The Morgan fingerprint density at radius 2 is 2.00 bits per heavy atom. The van der Waals surface area contributed by atoms with E-state index in [9.17, 15) is 9.18 Å². The van der Waals surface area contributed by atoms with Gasteiger partial charge in [0.2, 0.25) is 0 Å². The van der Waals surface area contributed by atoms with Crippen molar-refractivity contribution in [2.75, 3.05) is 18.4 Å². The lowest BCUT2D eigenvalue weighted by atomic mass is 9.82. The van der Waals surface area contributed by atoms with E-state index in [-0.39, 0.29) is 51.4 Å². The predicted octanol–water partition coefficient (Wildman–Crippen LogP) is 4.35. The van der Waals surface area contributed by atoms with Gasteiger partial charge in [0, 0.05) is 24.7 Å². The number of rotatable bonds is 6. The normalized spacial score (nSPS) is 18.8. The van der Waals surface area contributed by atoms with Crippen LogP contribution in [-0.2, 0) is 0 Å². The van der Waals surface area contributed by atoms with Crippen molar-refractivity contribution >= 4 is 39.8 Å². The smallest absolute Gasteiger partial charge is 0.264 e. The van der Waals surface area contributed by atoms with Crippen LogP contribution in [0.4, 0.5) is 14.5 Å². The maximum Gasteiger partial charge on any atom is 0.264 e. The molecule has 5 nitrogen and oxygen atoms in total. The third-order valence-corrected chi connectivity index (χ3v) is 5.97. The number of hydrogen-bond donors (Lipinski definition) is 2. The molecule has 1 aliphatic carbocycles. The zero-order valence-corrected chi connectivity index (χ0v) is 16.9. The molecule has 2 N–H and O–H groups in total. The van der Waals surface area contributed by atoms with Crippen LogP contribution in [0.3, 0.4) is 0 Å². The fraction of sp³-hybridized carbons (Fsp3) is 0.300. The minimum atomic E-state index is -1.09. The summed E-state index contributed by atoms with van der Waals surface area (Å²) in [6, 6.07) is 3.08. The molecule has 2 heterocycles. The molecule has 0 radical (unpaired) electrons. The highest BCUT2D eigenvalue weighted by molar-refractivity contribution is 6.44. The van der Waals surface area contributed by atoms with Crippen molar-refractivity contribution in [3.05, 3.63) is 69.3 Å². The van der Waals surface area contributed by atoms with E-state index in [2.05, 4.69) is 28.8 Å². The maximum atomic E-state index is 15.4. The average Bonchev–Trinajstić information content (AvgIpc) is 3.46.